The summed E-state index contributed by atoms with van der Waals surface area (Å²) in [4.78, 5) is 10.5. The first-order chi connectivity index (χ1) is 6.18. The summed E-state index contributed by atoms with van der Waals surface area (Å²) in [6.07, 6.45) is 0.305. The fourth-order valence-corrected chi connectivity index (χ4v) is 1.29. The van der Waals surface area contributed by atoms with Crippen LogP contribution in [0.25, 0.3) is 0 Å². The molecule has 0 saturated carbocycles. The van der Waals surface area contributed by atoms with E-state index in [1.54, 1.807) is 0 Å². The van der Waals surface area contributed by atoms with Gasteiger partial charge in [0.15, 0.2) is 0 Å². The fraction of sp³-hybridized carbons (Fsp3) is 0.300. The first kappa shape index (κ1) is 12.2. The maximum absolute atomic E-state index is 10.5. The Morgan fingerprint density at radius 1 is 1.46 bits per heavy atom. The number of amides is 1. The Hall–Kier alpha value is -0.830. The van der Waals surface area contributed by atoms with Gasteiger partial charge in [0.25, 0.3) is 0 Å². The molecule has 0 heterocycles. The van der Waals surface area contributed by atoms with Crippen molar-refractivity contribution in [3.05, 3.63) is 34.3 Å². The number of primary amides is 1. The zero-order valence-electron chi connectivity index (χ0n) is 7.88. The van der Waals surface area contributed by atoms with Gasteiger partial charge in [0, 0.05) is 4.47 Å². The average Bonchev–Trinajstić information content (AvgIpc) is 2.06. The minimum atomic E-state index is -0.303. The Morgan fingerprint density at radius 3 is 2.54 bits per heavy atom. The molecule has 3 heteroatoms. The molecular formula is C10H14BrNO. The number of benzene rings is 1. The van der Waals surface area contributed by atoms with Crippen molar-refractivity contribution in [3.63, 3.8) is 0 Å². The lowest BCUT2D eigenvalue weighted by Crippen LogP contribution is -2.13. The zero-order chi connectivity index (χ0) is 10.3. The third-order valence-electron chi connectivity index (χ3n) is 1.27. The number of carbonyl (C=O) groups is 1. The van der Waals surface area contributed by atoms with Gasteiger partial charge in [-0.05, 0) is 17.7 Å². The summed E-state index contributed by atoms with van der Waals surface area (Å²) in [5, 5.41) is 0. The van der Waals surface area contributed by atoms with Gasteiger partial charge in [-0.15, -0.1) is 0 Å². The van der Waals surface area contributed by atoms with Crippen molar-refractivity contribution < 1.29 is 4.79 Å². The van der Waals surface area contributed by atoms with E-state index in [4.69, 9.17) is 5.73 Å². The van der Waals surface area contributed by atoms with Gasteiger partial charge in [-0.1, -0.05) is 41.9 Å². The van der Waals surface area contributed by atoms with Crippen LogP contribution in [0.2, 0.25) is 0 Å². The van der Waals surface area contributed by atoms with Gasteiger partial charge in [-0.25, -0.2) is 0 Å². The van der Waals surface area contributed by atoms with Crippen molar-refractivity contribution in [1.29, 1.82) is 0 Å². The predicted octanol–water partition coefficient (Wildman–Crippen LogP) is 2.50. The van der Waals surface area contributed by atoms with Gasteiger partial charge in [-0.3, -0.25) is 4.79 Å². The first-order valence-corrected chi connectivity index (χ1v) is 5.00. The van der Waals surface area contributed by atoms with Crippen molar-refractivity contribution in [2.75, 3.05) is 0 Å². The van der Waals surface area contributed by atoms with Crippen LogP contribution in [0.1, 0.15) is 19.4 Å². The van der Waals surface area contributed by atoms with Crippen LogP contribution in [-0.2, 0) is 11.2 Å². The second-order valence-electron chi connectivity index (χ2n) is 2.27. The molecule has 0 atom stereocenters. The van der Waals surface area contributed by atoms with E-state index in [-0.39, 0.29) is 5.91 Å². The fourth-order valence-electron chi connectivity index (χ4n) is 0.848. The van der Waals surface area contributed by atoms with E-state index in [9.17, 15) is 4.79 Å². The minimum absolute atomic E-state index is 0.303. The smallest absolute Gasteiger partial charge is 0.221 e. The van der Waals surface area contributed by atoms with Crippen LogP contribution in [0.3, 0.4) is 0 Å². The highest BCUT2D eigenvalue weighted by molar-refractivity contribution is 9.10. The molecule has 0 aromatic heterocycles. The molecule has 72 valence electrons. The van der Waals surface area contributed by atoms with Crippen molar-refractivity contribution >= 4 is 21.8 Å². The molecule has 0 aliphatic heterocycles. The van der Waals surface area contributed by atoms with Crippen LogP contribution in [0, 0.1) is 0 Å². The summed E-state index contributed by atoms with van der Waals surface area (Å²) in [5.41, 5.74) is 5.96. The standard InChI is InChI=1S/C8H8BrNO.C2H6/c9-7-3-1-2-6(4-7)5-8(10)11;1-2/h1-4H,5H2,(H2,10,11);1-2H3. The summed E-state index contributed by atoms with van der Waals surface area (Å²) in [6, 6.07) is 7.53. The molecule has 2 nitrogen and oxygen atoms in total. The number of hydrogen-bond donors (Lipinski definition) is 1. The summed E-state index contributed by atoms with van der Waals surface area (Å²) in [6.45, 7) is 4.00. The molecule has 0 saturated heterocycles. The van der Waals surface area contributed by atoms with Crippen LogP contribution in [0.4, 0.5) is 0 Å². The predicted molar refractivity (Wildman–Crippen MR) is 58.4 cm³/mol. The molecule has 0 aliphatic carbocycles. The summed E-state index contributed by atoms with van der Waals surface area (Å²) in [7, 11) is 0. The molecule has 1 aromatic rings. The Morgan fingerprint density at radius 2 is 2.08 bits per heavy atom. The maximum Gasteiger partial charge on any atom is 0.221 e. The number of hydrogen-bond acceptors (Lipinski definition) is 1. The third kappa shape index (κ3) is 5.42. The van der Waals surface area contributed by atoms with Crippen LogP contribution in [0.5, 0.6) is 0 Å². The lowest BCUT2D eigenvalue weighted by Gasteiger charge is -1.96. The molecule has 0 spiro atoms. The zero-order valence-corrected chi connectivity index (χ0v) is 9.47. The molecule has 1 amide bonds. The summed E-state index contributed by atoms with van der Waals surface area (Å²) < 4.78 is 0.969. The van der Waals surface area contributed by atoms with Crippen LogP contribution >= 0.6 is 15.9 Å². The molecular weight excluding hydrogens is 230 g/mol. The second-order valence-corrected chi connectivity index (χ2v) is 3.19. The van der Waals surface area contributed by atoms with E-state index in [0.717, 1.165) is 10.0 Å². The number of nitrogens with two attached hydrogens (primary N) is 1. The van der Waals surface area contributed by atoms with Gasteiger partial charge >= 0.3 is 0 Å². The van der Waals surface area contributed by atoms with Crippen molar-refractivity contribution in [1.82, 2.24) is 0 Å². The van der Waals surface area contributed by atoms with Gasteiger partial charge in [0.1, 0.15) is 0 Å². The van der Waals surface area contributed by atoms with E-state index in [2.05, 4.69) is 15.9 Å². The number of carbonyl (C=O) groups excluding carboxylic acids is 1. The lowest BCUT2D eigenvalue weighted by atomic mass is 10.1. The monoisotopic (exact) mass is 243 g/mol. The Labute approximate surface area is 87.3 Å². The Balaban J connectivity index is 0.000000671. The van der Waals surface area contributed by atoms with E-state index < -0.39 is 0 Å². The molecule has 13 heavy (non-hydrogen) atoms. The van der Waals surface area contributed by atoms with Crippen molar-refractivity contribution in [3.8, 4) is 0 Å². The van der Waals surface area contributed by atoms with Crippen LogP contribution in [0.15, 0.2) is 28.7 Å². The Kier molecular flexibility index (Phi) is 6.24. The third-order valence-corrected chi connectivity index (χ3v) is 1.76. The SMILES string of the molecule is CC.NC(=O)Cc1cccc(Br)c1. The summed E-state index contributed by atoms with van der Waals surface area (Å²) >= 11 is 3.30. The van der Waals surface area contributed by atoms with E-state index in [0.29, 0.717) is 6.42 Å². The lowest BCUT2D eigenvalue weighted by molar-refractivity contribution is -0.117. The minimum Gasteiger partial charge on any atom is -0.369 e. The van der Waals surface area contributed by atoms with E-state index in [1.165, 1.54) is 0 Å². The second kappa shape index (κ2) is 6.66. The molecule has 2 N–H and O–H groups in total. The van der Waals surface area contributed by atoms with Crippen molar-refractivity contribution in [2.45, 2.75) is 20.3 Å². The van der Waals surface area contributed by atoms with Crippen molar-refractivity contribution in [2.24, 2.45) is 5.73 Å². The van der Waals surface area contributed by atoms with E-state index >= 15 is 0 Å². The molecule has 0 bridgehead atoms. The molecule has 0 radical (unpaired) electrons. The van der Waals surface area contributed by atoms with Gasteiger partial charge in [-0.2, -0.15) is 0 Å². The molecule has 0 aliphatic rings. The summed E-state index contributed by atoms with van der Waals surface area (Å²) in [5.74, 6) is -0.303. The van der Waals surface area contributed by atoms with Crippen LogP contribution in [-0.4, -0.2) is 5.91 Å². The average molecular weight is 244 g/mol. The molecule has 0 fully saturated rings. The topological polar surface area (TPSA) is 43.1 Å². The van der Waals surface area contributed by atoms with E-state index in [1.807, 2.05) is 38.1 Å². The first-order valence-electron chi connectivity index (χ1n) is 4.21. The van der Waals surface area contributed by atoms with Gasteiger partial charge in [0.05, 0.1) is 6.42 Å². The quantitative estimate of drug-likeness (QED) is 0.853. The normalized spacial score (nSPS) is 8.54. The highest BCUT2D eigenvalue weighted by atomic mass is 79.9. The number of halogens is 1. The highest BCUT2D eigenvalue weighted by Gasteiger charge is 1.97. The molecule has 0 unspecified atom stereocenters. The molecule has 1 rings (SSSR count). The van der Waals surface area contributed by atoms with Crippen LogP contribution < -0.4 is 5.73 Å². The number of rotatable bonds is 2. The Bertz CT molecular complexity index is 273. The molecule has 1 aromatic carbocycles. The van der Waals surface area contributed by atoms with Gasteiger partial charge < -0.3 is 5.73 Å². The largest absolute Gasteiger partial charge is 0.369 e. The highest BCUT2D eigenvalue weighted by Crippen LogP contribution is 2.11. The van der Waals surface area contributed by atoms with Gasteiger partial charge in [0.2, 0.25) is 5.91 Å². The maximum atomic E-state index is 10.5.